The second kappa shape index (κ2) is 11.9. The van der Waals surface area contributed by atoms with Crippen LogP contribution in [0.5, 0.6) is 0 Å². The predicted molar refractivity (Wildman–Crippen MR) is 134 cm³/mol. The van der Waals surface area contributed by atoms with Crippen molar-refractivity contribution in [3.8, 4) is 0 Å². The molecular weight excluding hydrogens is 456 g/mol. The van der Waals surface area contributed by atoms with Crippen LogP contribution in [0.4, 0.5) is 5.82 Å². The van der Waals surface area contributed by atoms with Crippen molar-refractivity contribution in [3.63, 3.8) is 0 Å². The normalized spacial score (nSPS) is 13.5. The summed E-state index contributed by atoms with van der Waals surface area (Å²) in [6.45, 7) is 3.34. The number of amides is 2. The SMILES string of the molecule is O=C=c1ccc(CN2CCN(c3ncccc3C(=O)NC(=O)CCc3ccccc3)CC2)cc1=C=O. The number of aromatic nitrogens is 1. The number of anilines is 1. The third-order valence-electron chi connectivity index (χ3n) is 6.15. The molecule has 2 heterocycles. The van der Waals surface area contributed by atoms with Crippen molar-refractivity contribution >= 4 is 29.5 Å². The van der Waals surface area contributed by atoms with E-state index in [0.717, 1.165) is 24.2 Å². The first-order valence-corrected chi connectivity index (χ1v) is 11.8. The van der Waals surface area contributed by atoms with Crippen molar-refractivity contribution in [2.45, 2.75) is 19.4 Å². The summed E-state index contributed by atoms with van der Waals surface area (Å²) in [5.41, 5.74) is 2.32. The number of pyridine rings is 1. The van der Waals surface area contributed by atoms with Crippen molar-refractivity contribution in [2.75, 3.05) is 31.1 Å². The monoisotopic (exact) mass is 482 g/mol. The minimum absolute atomic E-state index is 0.207. The van der Waals surface area contributed by atoms with E-state index in [2.05, 4.69) is 15.2 Å². The number of benzene rings is 2. The van der Waals surface area contributed by atoms with Crippen LogP contribution in [-0.4, -0.2) is 59.8 Å². The van der Waals surface area contributed by atoms with Crippen LogP contribution in [0.3, 0.4) is 0 Å². The van der Waals surface area contributed by atoms with Crippen LogP contribution in [0.2, 0.25) is 0 Å². The molecule has 1 aromatic heterocycles. The summed E-state index contributed by atoms with van der Waals surface area (Å²) in [6.07, 6.45) is 2.42. The first-order chi connectivity index (χ1) is 17.6. The van der Waals surface area contributed by atoms with Crippen molar-refractivity contribution in [2.24, 2.45) is 0 Å². The van der Waals surface area contributed by atoms with Gasteiger partial charge in [0.05, 0.1) is 16.0 Å². The first-order valence-electron chi connectivity index (χ1n) is 11.8. The van der Waals surface area contributed by atoms with Gasteiger partial charge in [0.25, 0.3) is 5.91 Å². The highest BCUT2D eigenvalue weighted by Crippen LogP contribution is 2.20. The fraction of sp³-hybridized carbons (Fsp3) is 0.250. The van der Waals surface area contributed by atoms with E-state index in [1.54, 1.807) is 42.3 Å². The molecule has 36 heavy (non-hydrogen) atoms. The summed E-state index contributed by atoms with van der Waals surface area (Å²) in [5, 5.41) is 2.91. The molecule has 0 spiro atoms. The zero-order valence-corrected chi connectivity index (χ0v) is 19.8. The maximum atomic E-state index is 12.9. The number of aryl methyl sites for hydroxylation is 1. The van der Waals surface area contributed by atoms with Gasteiger partial charge >= 0.3 is 0 Å². The first kappa shape index (κ1) is 24.8. The molecule has 8 nitrogen and oxygen atoms in total. The lowest BCUT2D eigenvalue weighted by atomic mass is 10.1. The van der Waals surface area contributed by atoms with E-state index < -0.39 is 5.91 Å². The number of imide groups is 1. The van der Waals surface area contributed by atoms with Gasteiger partial charge in [-0.05, 0) is 41.8 Å². The molecule has 1 N–H and O–H groups in total. The molecule has 8 heteroatoms. The Labute approximate surface area is 208 Å². The summed E-state index contributed by atoms with van der Waals surface area (Å²) in [6, 6.07) is 18.1. The Balaban J connectivity index is 1.35. The molecule has 0 radical (unpaired) electrons. The third kappa shape index (κ3) is 6.20. The molecule has 2 aromatic carbocycles. The number of hydrogen-bond acceptors (Lipinski definition) is 7. The van der Waals surface area contributed by atoms with Crippen LogP contribution in [0.15, 0.2) is 66.9 Å². The fourth-order valence-corrected chi connectivity index (χ4v) is 4.22. The lowest BCUT2D eigenvalue weighted by molar-refractivity contribution is -0.120. The third-order valence-corrected chi connectivity index (χ3v) is 6.15. The zero-order valence-electron chi connectivity index (χ0n) is 19.8. The van der Waals surface area contributed by atoms with E-state index >= 15 is 0 Å². The Morgan fingerprint density at radius 1 is 0.861 bits per heavy atom. The minimum Gasteiger partial charge on any atom is -0.353 e. The van der Waals surface area contributed by atoms with Crippen LogP contribution < -0.4 is 20.7 Å². The number of nitrogens with zero attached hydrogens (tertiary/aromatic N) is 3. The molecule has 0 bridgehead atoms. The van der Waals surface area contributed by atoms with E-state index in [-0.39, 0.29) is 22.8 Å². The highest BCUT2D eigenvalue weighted by Gasteiger charge is 2.23. The van der Waals surface area contributed by atoms with E-state index in [9.17, 15) is 19.2 Å². The van der Waals surface area contributed by atoms with E-state index in [1.807, 2.05) is 41.3 Å². The van der Waals surface area contributed by atoms with E-state index in [4.69, 9.17) is 0 Å². The lowest BCUT2D eigenvalue weighted by Crippen LogP contribution is -2.47. The molecule has 2 amide bonds. The van der Waals surface area contributed by atoms with Gasteiger partial charge in [0.2, 0.25) is 5.91 Å². The summed E-state index contributed by atoms with van der Waals surface area (Å²) in [4.78, 5) is 56.0. The molecule has 1 fully saturated rings. The molecule has 0 unspecified atom stereocenters. The van der Waals surface area contributed by atoms with Crippen LogP contribution in [-0.2, 0) is 27.3 Å². The van der Waals surface area contributed by atoms with E-state index in [1.165, 1.54) is 0 Å². The van der Waals surface area contributed by atoms with Gasteiger partial charge in [-0.15, -0.1) is 0 Å². The average molecular weight is 483 g/mol. The Hall–Kier alpha value is -4.35. The summed E-state index contributed by atoms with van der Waals surface area (Å²) < 4.78 is 0. The highest BCUT2D eigenvalue weighted by atomic mass is 16.2. The molecule has 182 valence electrons. The lowest BCUT2D eigenvalue weighted by Gasteiger charge is -2.36. The van der Waals surface area contributed by atoms with Crippen molar-refractivity contribution < 1.29 is 19.2 Å². The molecule has 0 saturated carbocycles. The van der Waals surface area contributed by atoms with Gasteiger partial charge in [-0.3, -0.25) is 19.8 Å². The van der Waals surface area contributed by atoms with Crippen LogP contribution in [0.1, 0.15) is 27.9 Å². The fourth-order valence-electron chi connectivity index (χ4n) is 4.22. The Morgan fingerprint density at radius 2 is 1.61 bits per heavy atom. The number of carbonyl (C=O) groups is 2. The standard InChI is InChI=1S/C28H26N4O4/c33-19-23-10-8-22(17-24(23)20-34)18-31-13-15-32(16-14-31)27-25(7-4-12-29-27)28(36)30-26(35)11-9-21-5-2-1-3-6-21/h1-8,10,12,17H,9,11,13-16,18H2,(H,30,35,36). The number of carbonyl (C=O) groups excluding carboxylic acids is 4. The predicted octanol–water partition coefficient (Wildman–Crippen LogP) is 0.299. The topological polar surface area (TPSA) is 99.7 Å². The van der Waals surface area contributed by atoms with Gasteiger partial charge in [0.15, 0.2) is 0 Å². The van der Waals surface area contributed by atoms with E-state index in [0.29, 0.717) is 37.4 Å². The Kier molecular flexibility index (Phi) is 8.16. The average Bonchev–Trinajstić information content (AvgIpc) is 2.93. The Morgan fingerprint density at radius 3 is 2.33 bits per heavy atom. The largest absolute Gasteiger partial charge is 0.353 e. The van der Waals surface area contributed by atoms with Gasteiger partial charge in [0, 0.05) is 45.3 Å². The van der Waals surface area contributed by atoms with Crippen LogP contribution in [0.25, 0.3) is 0 Å². The maximum Gasteiger partial charge on any atom is 0.261 e. The second-order valence-corrected chi connectivity index (χ2v) is 8.58. The molecule has 0 atom stereocenters. The molecular formula is C28H26N4O4. The van der Waals surface area contributed by atoms with Crippen molar-refractivity contribution in [1.82, 2.24) is 15.2 Å². The number of piperazine rings is 1. The molecule has 4 rings (SSSR count). The van der Waals surface area contributed by atoms with Crippen molar-refractivity contribution in [3.05, 3.63) is 94.0 Å². The zero-order chi connectivity index (χ0) is 25.3. The molecule has 0 aliphatic carbocycles. The molecule has 3 aromatic rings. The van der Waals surface area contributed by atoms with Gasteiger partial charge in [-0.2, -0.15) is 0 Å². The number of nitrogens with one attached hydrogen (secondary N) is 1. The van der Waals surface area contributed by atoms with Crippen LogP contribution >= 0.6 is 0 Å². The summed E-state index contributed by atoms with van der Waals surface area (Å²) >= 11 is 0. The van der Waals surface area contributed by atoms with Gasteiger partial charge < -0.3 is 4.90 Å². The van der Waals surface area contributed by atoms with Gasteiger partial charge in [0.1, 0.15) is 17.7 Å². The minimum atomic E-state index is -0.455. The Bertz CT molecular complexity index is 1400. The number of rotatable bonds is 7. The quantitative estimate of drug-likeness (QED) is 0.517. The molecule has 1 saturated heterocycles. The molecule has 1 aliphatic heterocycles. The number of hydrogen-bond donors (Lipinski definition) is 1. The van der Waals surface area contributed by atoms with Crippen LogP contribution in [0, 0.1) is 0 Å². The second-order valence-electron chi connectivity index (χ2n) is 8.58. The summed E-state index contributed by atoms with van der Waals surface area (Å²) in [5.74, 6) is 3.31. The van der Waals surface area contributed by atoms with Gasteiger partial charge in [-0.25, -0.2) is 14.6 Å². The smallest absolute Gasteiger partial charge is 0.261 e. The maximum absolute atomic E-state index is 12.9. The highest BCUT2D eigenvalue weighted by molar-refractivity contribution is 6.07. The summed E-state index contributed by atoms with van der Waals surface area (Å²) in [7, 11) is 0. The molecule has 1 aliphatic rings. The van der Waals surface area contributed by atoms with Gasteiger partial charge in [-0.1, -0.05) is 36.4 Å². The van der Waals surface area contributed by atoms with Crippen molar-refractivity contribution in [1.29, 1.82) is 0 Å².